The monoisotopic (exact) mass is 496 g/mol. The van der Waals surface area contributed by atoms with E-state index in [2.05, 4.69) is 27.0 Å². The third-order valence-electron chi connectivity index (χ3n) is 6.73. The number of benzene rings is 3. The number of carbonyl (C=O) groups is 3. The number of H-pyrrole nitrogens is 1. The van der Waals surface area contributed by atoms with Crippen LogP contribution < -0.4 is 20.7 Å². The lowest BCUT2D eigenvalue weighted by Crippen LogP contribution is -2.42. The Morgan fingerprint density at radius 1 is 1.00 bits per heavy atom. The lowest BCUT2D eigenvalue weighted by Gasteiger charge is -2.19. The molecule has 2 unspecified atom stereocenters. The fraction of sp³-hybridized carbons (Fsp3) is 0.207. The maximum Gasteiger partial charge on any atom is 0.254 e. The Labute approximate surface area is 214 Å². The first-order valence-electron chi connectivity index (χ1n) is 12.2. The number of hydrogen-bond acceptors (Lipinski definition) is 4. The van der Waals surface area contributed by atoms with E-state index in [1.165, 1.54) is 0 Å². The van der Waals surface area contributed by atoms with Crippen molar-refractivity contribution < 1.29 is 19.1 Å². The van der Waals surface area contributed by atoms with Gasteiger partial charge in [0, 0.05) is 36.0 Å². The molecule has 0 radical (unpaired) electrons. The van der Waals surface area contributed by atoms with Gasteiger partial charge in [0.2, 0.25) is 11.8 Å². The molecule has 1 aromatic heterocycles. The highest BCUT2D eigenvalue weighted by molar-refractivity contribution is 6.09. The molecule has 4 aromatic rings. The fourth-order valence-corrected chi connectivity index (χ4v) is 4.72. The summed E-state index contributed by atoms with van der Waals surface area (Å²) in [6, 6.07) is 21.9. The summed E-state index contributed by atoms with van der Waals surface area (Å²) in [6.45, 7) is 0.377. The number of hydrogen-bond donors (Lipinski definition) is 4. The molecule has 3 aromatic carbocycles. The van der Waals surface area contributed by atoms with Crippen molar-refractivity contribution in [1.29, 1.82) is 0 Å². The molecule has 1 aliphatic rings. The molecular weight excluding hydrogens is 468 g/mol. The number of nitrogens with one attached hydrogen (secondary N) is 4. The van der Waals surface area contributed by atoms with Crippen LogP contribution in [0.3, 0.4) is 0 Å². The predicted octanol–water partition coefficient (Wildman–Crippen LogP) is 3.96. The number of rotatable bonds is 8. The number of para-hydroxylation sites is 2. The second kappa shape index (κ2) is 10.6. The van der Waals surface area contributed by atoms with Gasteiger partial charge in [-0.1, -0.05) is 42.5 Å². The third-order valence-corrected chi connectivity index (χ3v) is 6.73. The van der Waals surface area contributed by atoms with Crippen molar-refractivity contribution in [3.05, 3.63) is 95.7 Å². The van der Waals surface area contributed by atoms with Gasteiger partial charge in [0.25, 0.3) is 5.91 Å². The maximum atomic E-state index is 12.9. The van der Waals surface area contributed by atoms with Crippen molar-refractivity contribution in [3.63, 3.8) is 0 Å². The molecule has 0 bridgehead atoms. The Morgan fingerprint density at radius 2 is 1.76 bits per heavy atom. The van der Waals surface area contributed by atoms with Gasteiger partial charge in [0.1, 0.15) is 11.8 Å². The first kappa shape index (κ1) is 24.1. The summed E-state index contributed by atoms with van der Waals surface area (Å²) in [4.78, 5) is 41.4. The minimum atomic E-state index is -0.795. The molecule has 2 atom stereocenters. The minimum absolute atomic E-state index is 0.0952. The Balaban J connectivity index is 1.27. The van der Waals surface area contributed by atoms with E-state index in [0.29, 0.717) is 17.8 Å². The number of fused-ring (bicyclic) bond motifs is 2. The number of methoxy groups -OCH3 is 1. The number of carbonyl (C=O) groups excluding carboxylic acids is 3. The Hall–Kier alpha value is -4.59. The van der Waals surface area contributed by atoms with Crippen LogP contribution in [0.25, 0.3) is 10.9 Å². The molecule has 0 fully saturated rings. The summed E-state index contributed by atoms with van der Waals surface area (Å²) in [6.07, 6.45) is 2.27. The SMILES string of the molecule is COc1ccc(C(CNC(=O)CCC2NC(=O)c3ccccc3NC2=O)c2c[nH]c3ccccc23)cc1. The van der Waals surface area contributed by atoms with Gasteiger partial charge in [-0.25, -0.2) is 0 Å². The molecule has 1 aliphatic heterocycles. The highest BCUT2D eigenvalue weighted by Crippen LogP contribution is 2.31. The first-order valence-corrected chi connectivity index (χ1v) is 12.2. The molecule has 0 saturated heterocycles. The molecule has 8 heteroatoms. The number of ether oxygens (including phenoxy) is 1. The van der Waals surface area contributed by atoms with Crippen LogP contribution >= 0.6 is 0 Å². The van der Waals surface area contributed by atoms with Gasteiger partial charge in [-0.15, -0.1) is 0 Å². The molecule has 0 saturated carbocycles. The van der Waals surface area contributed by atoms with Crippen LogP contribution in [-0.2, 0) is 9.59 Å². The molecule has 37 heavy (non-hydrogen) atoms. The molecule has 3 amide bonds. The number of amides is 3. The third kappa shape index (κ3) is 5.18. The molecule has 2 heterocycles. The van der Waals surface area contributed by atoms with Gasteiger partial charge >= 0.3 is 0 Å². The van der Waals surface area contributed by atoms with Gasteiger partial charge in [0.05, 0.1) is 18.4 Å². The van der Waals surface area contributed by atoms with Crippen LogP contribution in [0.4, 0.5) is 5.69 Å². The lowest BCUT2D eigenvalue weighted by atomic mass is 9.90. The van der Waals surface area contributed by atoms with Crippen LogP contribution in [0.15, 0.2) is 79.0 Å². The Morgan fingerprint density at radius 3 is 2.57 bits per heavy atom. The normalized spacial score (nSPS) is 15.8. The van der Waals surface area contributed by atoms with E-state index < -0.39 is 6.04 Å². The van der Waals surface area contributed by atoms with Crippen molar-refractivity contribution in [2.75, 3.05) is 19.0 Å². The second-order valence-electron chi connectivity index (χ2n) is 9.02. The van der Waals surface area contributed by atoms with Crippen LogP contribution in [-0.4, -0.2) is 42.4 Å². The molecule has 188 valence electrons. The van der Waals surface area contributed by atoms with E-state index >= 15 is 0 Å². The van der Waals surface area contributed by atoms with E-state index in [1.54, 1.807) is 31.4 Å². The van der Waals surface area contributed by atoms with Crippen LogP contribution in [0.2, 0.25) is 0 Å². The zero-order chi connectivity index (χ0) is 25.8. The second-order valence-corrected chi connectivity index (χ2v) is 9.02. The van der Waals surface area contributed by atoms with Gasteiger partial charge in [0.15, 0.2) is 0 Å². The van der Waals surface area contributed by atoms with Crippen molar-refractivity contribution in [2.45, 2.75) is 24.8 Å². The zero-order valence-electron chi connectivity index (χ0n) is 20.4. The molecule has 8 nitrogen and oxygen atoms in total. The summed E-state index contributed by atoms with van der Waals surface area (Å²) < 4.78 is 5.30. The zero-order valence-corrected chi connectivity index (χ0v) is 20.4. The summed E-state index contributed by atoms with van der Waals surface area (Å²) in [5.74, 6) is -0.195. The van der Waals surface area contributed by atoms with Crippen LogP contribution in [0.5, 0.6) is 5.75 Å². The van der Waals surface area contributed by atoms with Crippen molar-refractivity contribution in [2.24, 2.45) is 0 Å². The standard InChI is InChI=1S/C29H28N4O4/c1-37-19-12-10-18(11-13-19)22(23-17-30-24-8-4-2-6-20(23)24)16-31-27(34)15-14-26-29(36)32-25-9-5-3-7-21(25)28(35)33-26/h2-13,17,22,26,30H,14-16H2,1H3,(H,31,34)(H,32,36)(H,33,35). The molecule has 0 spiro atoms. The molecule has 4 N–H and O–H groups in total. The van der Waals surface area contributed by atoms with Crippen molar-refractivity contribution in [1.82, 2.24) is 15.6 Å². The summed E-state index contributed by atoms with van der Waals surface area (Å²) >= 11 is 0. The van der Waals surface area contributed by atoms with Gasteiger partial charge < -0.3 is 25.7 Å². The largest absolute Gasteiger partial charge is 0.497 e. The molecule has 5 rings (SSSR count). The maximum absolute atomic E-state index is 12.9. The van der Waals surface area contributed by atoms with E-state index in [9.17, 15) is 14.4 Å². The summed E-state index contributed by atoms with van der Waals surface area (Å²) in [7, 11) is 1.63. The van der Waals surface area contributed by atoms with Gasteiger partial charge in [-0.3, -0.25) is 14.4 Å². The smallest absolute Gasteiger partial charge is 0.254 e. The average Bonchev–Trinajstić information content (AvgIpc) is 3.30. The highest BCUT2D eigenvalue weighted by atomic mass is 16.5. The predicted molar refractivity (Wildman–Crippen MR) is 142 cm³/mol. The molecule has 0 aliphatic carbocycles. The average molecular weight is 497 g/mol. The van der Waals surface area contributed by atoms with Crippen molar-refractivity contribution in [3.8, 4) is 5.75 Å². The number of anilines is 1. The first-order chi connectivity index (χ1) is 18.0. The van der Waals surface area contributed by atoms with E-state index in [-0.39, 0.29) is 36.5 Å². The van der Waals surface area contributed by atoms with E-state index in [0.717, 1.165) is 27.8 Å². The lowest BCUT2D eigenvalue weighted by molar-refractivity contribution is -0.121. The quantitative estimate of drug-likeness (QED) is 0.296. The van der Waals surface area contributed by atoms with E-state index in [4.69, 9.17) is 4.74 Å². The summed E-state index contributed by atoms with van der Waals surface area (Å²) in [5, 5.41) is 9.64. The van der Waals surface area contributed by atoms with Crippen LogP contribution in [0.1, 0.15) is 40.2 Å². The number of aromatic amines is 1. The van der Waals surface area contributed by atoms with Gasteiger partial charge in [-0.05, 0) is 47.9 Å². The number of aromatic nitrogens is 1. The topological polar surface area (TPSA) is 112 Å². The fourth-order valence-electron chi connectivity index (χ4n) is 4.72. The van der Waals surface area contributed by atoms with E-state index in [1.807, 2.05) is 48.7 Å². The Kier molecular flexibility index (Phi) is 6.89. The van der Waals surface area contributed by atoms with Gasteiger partial charge in [-0.2, -0.15) is 0 Å². The van der Waals surface area contributed by atoms with Crippen LogP contribution in [0, 0.1) is 0 Å². The van der Waals surface area contributed by atoms with Crippen molar-refractivity contribution >= 4 is 34.3 Å². The summed E-state index contributed by atoms with van der Waals surface area (Å²) in [5.41, 5.74) is 4.02. The molecular formula is C29H28N4O4. The minimum Gasteiger partial charge on any atom is -0.497 e. The highest BCUT2D eigenvalue weighted by Gasteiger charge is 2.28. The Bertz CT molecular complexity index is 1440.